The number of hydrogen-bond donors (Lipinski definition) is 2. The molecule has 2 N–H and O–H groups in total. The minimum Gasteiger partial charge on any atom is -0.475 e. The van der Waals surface area contributed by atoms with Crippen LogP contribution in [-0.4, -0.2) is 35.3 Å². The molecule has 1 fully saturated rings. The van der Waals surface area contributed by atoms with Gasteiger partial charge in [-0.3, -0.25) is 0 Å². The van der Waals surface area contributed by atoms with Crippen molar-refractivity contribution in [2.45, 2.75) is 38.8 Å². The number of nitrogens with zero attached hydrogens (tertiary/aromatic N) is 2. The van der Waals surface area contributed by atoms with Crippen molar-refractivity contribution >= 4 is 17.3 Å². The molecule has 0 bridgehead atoms. The third-order valence-corrected chi connectivity index (χ3v) is 3.72. The van der Waals surface area contributed by atoms with Crippen LogP contribution in [0.1, 0.15) is 26.7 Å². The molecule has 1 aliphatic heterocycles. The van der Waals surface area contributed by atoms with E-state index in [0.717, 1.165) is 37.4 Å². The number of hydrogen-bond acceptors (Lipinski definition) is 6. The summed E-state index contributed by atoms with van der Waals surface area (Å²) in [5, 5.41) is 6.74. The number of anilines is 3. The van der Waals surface area contributed by atoms with Crippen molar-refractivity contribution in [1.29, 1.82) is 0 Å². The van der Waals surface area contributed by atoms with Gasteiger partial charge in [0.1, 0.15) is 0 Å². The molecule has 0 radical (unpaired) electrons. The van der Waals surface area contributed by atoms with E-state index in [-0.39, 0.29) is 6.10 Å². The molecule has 0 amide bonds. The fraction of sp³-hybridized carbons (Fsp3) is 0.444. The lowest BCUT2D eigenvalue weighted by Crippen LogP contribution is -2.27. The SMILES string of the molecule is CC(C)Oc1ccnc(Nc2ccc(NC3CCOCC3)cc2)n1. The molecule has 3 rings (SSSR count). The van der Waals surface area contributed by atoms with Gasteiger partial charge in [-0.05, 0) is 51.0 Å². The van der Waals surface area contributed by atoms with Gasteiger partial charge in [0, 0.05) is 42.9 Å². The molecule has 0 saturated carbocycles. The highest BCUT2D eigenvalue weighted by Gasteiger charge is 2.13. The van der Waals surface area contributed by atoms with Crippen molar-refractivity contribution in [3.8, 4) is 5.88 Å². The van der Waals surface area contributed by atoms with E-state index in [9.17, 15) is 0 Å². The lowest BCUT2D eigenvalue weighted by Gasteiger charge is -2.24. The van der Waals surface area contributed by atoms with Crippen LogP contribution >= 0.6 is 0 Å². The van der Waals surface area contributed by atoms with Crippen LogP contribution in [0.15, 0.2) is 36.5 Å². The van der Waals surface area contributed by atoms with E-state index in [0.29, 0.717) is 17.9 Å². The zero-order valence-electron chi connectivity index (χ0n) is 14.2. The second kappa shape index (κ2) is 7.97. The Morgan fingerprint density at radius 3 is 2.50 bits per heavy atom. The predicted molar refractivity (Wildman–Crippen MR) is 95.0 cm³/mol. The molecule has 2 aromatic rings. The van der Waals surface area contributed by atoms with Crippen LogP contribution in [0.5, 0.6) is 5.88 Å². The Morgan fingerprint density at radius 2 is 1.79 bits per heavy atom. The normalized spacial score (nSPS) is 15.3. The van der Waals surface area contributed by atoms with Gasteiger partial charge in [0.15, 0.2) is 0 Å². The maximum atomic E-state index is 5.58. The molecule has 6 nitrogen and oxygen atoms in total. The van der Waals surface area contributed by atoms with Gasteiger partial charge < -0.3 is 20.1 Å². The quantitative estimate of drug-likeness (QED) is 0.844. The van der Waals surface area contributed by atoms with Crippen LogP contribution in [0.25, 0.3) is 0 Å². The van der Waals surface area contributed by atoms with Crippen LogP contribution in [0.3, 0.4) is 0 Å². The van der Waals surface area contributed by atoms with Crippen molar-refractivity contribution < 1.29 is 9.47 Å². The lowest BCUT2D eigenvalue weighted by atomic mass is 10.1. The number of benzene rings is 1. The van der Waals surface area contributed by atoms with Crippen molar-refractivity contribution in [2.24, 2.45) is 0 Å². The molecule has 128 valence electrons. The molecular weight excluding hydrogens is 304 g/mol. The summed E-state index contributed by atoms with van der Waals surface area (Å²) < 4.78 is 11.0. The van der Waals surface area contributed by atoms with Gasteiger partial charge in [-0.25, -0.2) is 4.98 Å². The Kier molecular flexibility index (Phi) is 5.48. The molecule has 0 unspecified atom stereocenters. The first kappa shape index (κ1) is 16.5. The second-order valence-corrected chi connectivity index (χ2v) is 6.12. The van der Waals surface area contributed by atoms with Crippen LogP contribution < -0.4 is 15.4 Å². The predicted octanol–water partition coefficient (Wildman–Crippen LogP) is 3.60. The third kappa shape index (κ3) is 4.83. The Bertz CT molecular complexity index is 640. The number of ether oxygens (including phenoxy) is 2. The molecule has 0 aliphatic carbocycles. The maximum absolute atomic E-state index is 5.58. The number of aromatic nitrogens is 2. The summed E-state index contributed by atoms with van der Waals surface area (Å²) in [7, 11) is 0. The van der Waals surface area contributed by atoms with E-state index in [1.807, 2.05) is 26.0 Å². The molecule has 1 aromatic heterocycles. The topological polar surface area (TPSA) is 68.3 Å². The van der Waals surface area contributed by atoms with Crippen LogP contribution in [0, 0.1) is 0 Å². The highest BCUT2D eigenvalue weighted by atomic mass is 16.5. The molecule has 2 heterocycles. The molecular formula is C18H24N4O2. The standard InChI is InChI=1S/C18H24N4O2/c1-13(2)24-17-7-10-19-18(22-17)21-15-5-3-14(4-6-15)20-16-8-11-23-12-9-16/h3-7,10,13,16,20H,8-9,11-12H2,1-2H3,(H,19,21,22). The first-order valence-electron chi connectivity index (χ1n) is 8.40. The Hall–Kier alpha value is -2.34. The highest BCUT2D eigenvalue weighted by molar-refractivity contribution is 5.58. The molecule has 1 aliphatic rings. The smallest absolute Gasteiger partial charge is 0.230 e. The third-order valence-electron chi connectivity index (χ3n) is 3.72. The summed E-state index contributed by atoms with van der Waals surface area (Å²) in [6.07, 6.45) is 3.88. The zero-order valence-corrected chi connectivity index (χ0v) is 14.2. The Morgan fingerprint density at radius 1 is 1.08 bits per heavy atom. The lowest BCUT2D eigenvalue weighted by molar-refractivity contribution is 0.0904. The molecule has 6 heteroatoms. The van der Waals surface area contributed by atoms with Crippen LogP contribution in [0.4, 0.5) is 17.3 Å². The van der Waals surface area contributed by atoms with E-state index >= 15 is 0 Å². The summed E-state index contributed by atoms with van der Waals surface area (Å²) in [5.41, 5.74) is 2.06. The fourth-order valence-electron chi connectivity index (χ4n) is 2.57. The Balaban J connectivity index is 1.59. The monoisotopic (exact) mass is 328 g/mol. The minimum absolute atomic E-state index is 0.0864. The van der Waals surface area contributed by atoms with Gasteiger partial charge in [-0.2, -0.15) is 4.98 Å². The van der Waals surface area contributed by atoms with Gasteiger partial charge in [0.25, 0.3) is 0 Å². The first-order valence-corrected chi connectivity index (χ1v) is 8.40. The van der Waals surface area contributed by atoms with Gasteiger partial charge in [-0.15, -0.1) is 0 Å². The fourth-order valence-corrected chi connectivity index (χ4v) is 2.57. The zero-order chi connectivity index (χ0) is 16.8. The Labute approximate surface area is 142 Å². The largest absolute Gasteiger partial charge is 0.475 e. The average Bonchev–Trinajstić information content (AvgIpc) is 2.57. The molecule has 0 spiro atoms. The summed E-state index contributed by atoms with van der Waals surface area (Å²) in [6.45, 7) is 5.62. The number of nitrogens with one attached hydrogen (secondary N) is 2. The molecule has 1 saturated heterocycles. The van der Waals surface area contributed by atoms with Gasteiger partial charge in [0.2, 0.25) is 11.8 Å². The van der Waals surface area contributed by atoms with Crippen molar-refractivity contribution in [3.05, 3.63) is 36.5 Å². The molecule has 0 atom stereocenters. The van der Waals surface area contributed by atoms with E-state index in [1.54, 1.807) is 12.3 Å². The molecule has 1 aromatic carbocycles. The summed E-state index contributed by atoms with van der Waals surface area (Å²) in [4.78, 5) is 8.58. The van der Waals surface area contributed by atoms with Crippen LogP contribution in [0.2, 0.25) is 0 Å². The minimum atomic E-state index is 0.0864. The van der Waals surface area contributed by atoms with Crippen molar-refractivity contribution in [3.63, 3.8) is 0 Å². The van der Waals surface area contributed by atoms with E-state index < -0.39 is 0 Å². The van der Waals surface area contributed by atoms with E-state index in [1.165, 1.54) is 0 Å². The van der Waals surface area contributed by atoms with E-state index in [4.69, 9.17) is 9.47 Å². The molecule has 24 heavy (non-hydrogen) atoms. The summed E-state index contributed by atoms with van der Waals surface area (Å²) >= 11 is 0. The summed E-state index contributed by atoms with van der Waals surface area (Å²) in [6, 6.07) is 10.4. The van der Waals surface area contributed by atoms with Crippen molar-refractivity contribution in [2.75, 3.05) is 23.8 Å². The number of rotatable bonds is 6. The van der Waals surface area contributed by atoms with Gasteiger partial charge in [-0.1, -0.05) is 0 Å². The maximum Gasteiger partial charge on any atom is 0.230 e. The average molecular weight is 328 g/mol. The first-order chi connectivity index (χ1) is 11.7. The second-order valence-electron chi connectivity index (χ2n) is 6.12. The highest BCUT2D eigenvalue weighted by Crippen LogP contribution is 2.20. The van der Waals surface area contributed by atoms with E-state index in [2.05, 4.69) is 32.7 Å². The summed E-state index contributed by atoms with van der Waals surface area (Å²) in [5.74, 6) is 1.10. The van der Waals surface area contributed by atoms with Crippen LogP contribution in [-0.2, 0) is 4.74 Å². The van der Waals surface area contributed by atoms with Gasteiger partial charge in [0.05, 0.1) is 6.10 Å². The van der Waals surface area contributed by atoms with Gasteiger partial charge >= 0.3 is 0 Å². The van der Waals surface area contributed by atoms with Crippen molar-refractivity contribution in [1.82, 2.24) is 9.97 Å².